The van der Waals surface area contributed by atoms with Crippen LogP contribution < -0.4 is 15.4 Å². The molecule has 0 bridgehead atoms. The Morgan fingerprint density at radius 1 is 1.44 bits per heavy atom. The van der Waals surface area contributed by atoms with Gasteiger partial charge in [0, 0.05) is 12.6 Å². The molecule has 0 unspecified atom stereocenters. The Morgan fingerprint density at radius 3 is 2.72 bits per heavy atom. The predicted molar refractivity (Wildman–Crippen MR) is 64.8 cm³/mol. The van der Waals surface area contributed by atoms with Crippen molar-refractivity contribution in [3.63, 3.8) is 0 Å². The van der Waals surface area contributed by atoms with Crippen molar-refractivity contribution in [3.05, 3.63) is 17.8 Å². The van der Waals surface area contributed by atoms with Crippen LogP contribution in [-0.4, -0.2) is 35.7 Å². The van der Waals surface area contributed by atoms with E-state index in [9.17, 15) is 9.59 Å². The maximum atomic E-state index is 11.4. The largest absolute Gasteiger partial charge is 0.481 e. The van der Waals surface area contributed by atoms with Gasteiger partial charge in [0.05, 0.1) is 24.9 Å². The molecular weight excluding hydrogens is 238 g/mol. The maximum absolute atomic E-state index is 11.4. The monoisotopic (exact) mass is 253 g/mol. The van der Waals surface area contributed by atoms with Crippen LogP contribution in [0.5, 0.6) is 5.88 Å². The fourth-order valence-corrected chi connectivity index (χ4v) is 1.23. The summed E-state index contributed by atoms with van der Waals surface area (Å²) in [6.45, 7) is 1.80. The second kappa shape index (κ2) is 6.43. The number of pyridine rings is 1. The van der Waals surface area contributed by atoms with Gasteiger partial charge in [0.15, 0.2) is 0 Å². The summed E-state index contributed by atoms with van der Waals surface area (Å²) in [6.07, 6.45) is -0.118. The number of carboxylic acids is 1. The first-order valence-corrected chi connectivity index (χ1v) is 5.31. The number of anilines is 1. The Balaban J connectivity index is 2.51. The molecule has 1 heterocycles. The Bertz CT molecular complexity index is 448. The summed E-state index contributed by atoms with van der Waals surface area (Å²) in [7, 11) is 1.51. The van der Waals surface area contributed by atoms with E-state index >= 15 is 0 Å². The molecule has 0 fully saturated rings. The number of hydrogen-bond acceptors (Lipinski definition) is 4. The van der Waals surface area contributed by atoms with Crippen LogP contribution in [0.25, 0.3) is 0 Å². The Morgan fingerprint density at radius 2 is 2.17 bits per heavy atom. The maximum Gasteiger partial charge on any atom is 0.319 e. The minimum Gasteiger partial charge on any atom is -0.481 e. The van der Waals surface area contributed by atoms with Gasteiger partial charge in [-0.2, -0.15) is 0 Å². The van der Waals surface area contributed by atoms with Gasteiger partial charge in [-0.25, -0.2) is 9.78 Å². The lowest BCUT2D eigenvalue weighted by molar-refractivity contribution is -0.136. The summed E-state index contributed by atoms with van der Waals surface area (Å²) in [5.74, 6) is -0.498. The van der Waals surface area contributed by atoms with Crippen molar-refractivity contribution in [2.75, 3.05) is 19.0 Å². The van der Waals surface area contributed by atoms with Crippen LogP contribution in [0.4, 0.5) is 10.5 Å². The number of hydrogen-bond donors (Lipinski definition) is 3. The lowest BCUT2D eigenvalue weighted by atomic mass is 10.3. The Kier molecular flexibility index (Phi) is 4.91. The van der Waals surface area contributed by atoms with Gasteiger partial charge in [-0.15, -0.1) is 0 Å². The molecule has 0 aliphatic carbocycles. The fraction of sp³-hybridized carbons (Fsp3) is 0.364. The fourth-order valence-electron chi connectivity index (χ4n) is 1.23. The number of carbonyl (C=O) groups is 2. The summed E-state index contributed by atoms with van der Waals surface area (Å²) >= 11 is 0. The number of carboxylic acid groups (broad SMARTS) is 1. The summed E-state index contributed by atoms with van der Waals surface area (Å²) in [5.41, 5.74) is 1.16. The highest BCUT2D eigenvalue weighted by Gasteiger charge is 2.06. The number of rotatable bonds is 5. The van der Waals surface area contributed by atoms with E-state index < -0.39 is 12.0 Å². The smallest absolute Gasteiger partial charge is 0.319 e. The predicted octanol–water partition coefficient (Wildman–Crippen LogP) is 0.995. The number of aryl methyl sites for hydroxylation is 1. The van der Waals surface area contributed by atoms with Crippen LogP contribution in [0.3, 0.4) is 0 Å². The van der Waals surface area contributed by atoms with Gasteiger partial charge in [-0.05, 0) is 13.0 Å². The molecule has 1 rings (SSSR count). The van der Waals surface area contributed by atoms with E-state index in [4.69, 9.17) is 9.84 Å². The number of carbonyl (C=O) groups excluding carboxylic acids is 1. The number of aromatic nitrogens is 1. The van der Waals surface area contributed by atoms with E-state index in [-0.39, 0.29) is 13.0 Å². The molecule has 0 aromatic carbocycles. The van der Waals surface area contributed by atoms with Crippen LogP contribution in [0.1, 0.15) is 12.1 Å². The zero-order chi connectivity index (χ0) is 13.5. The highest BCUT2D eigenvalue weighted by Crippen LogP contribution is 2.16. The third-order valence-corrected chi connectivity index (χ3v) is 2.14. The molecule has 0 aliphatic heterocycles. The van der Waals surface area contributed by atoms with Crippen molar-refractivity contribution in [1.29, 1.82) is 0 Å². The van der Waals surface area contributed by atoms with Crippen molar-refractivity contribution >= 4 is 17.7 Å². The zero-order valence-corrected chi connectivity index (χ0v) is 10.2. The van der Waals surface area contributed by atoms with Gasteiger partial charge >= 0.3 is 12.0 Å². The van der Waals surface area contributed by atoms with Gasteiger partial charge in [0.2, 0.25) is 5.88 Å². The molecule has 0 saturated heterocycles. The van der Waals surface area contributed by atoms with Crippen molar-refractivity contribution < 1.29 is 19.4 Å². The third-order valence-electron chi connectivity index (χ3n) is 2.14. The highest BCUT2D eigenvalue weighted by atomic mass is 16.5. The van der Waals surface area contributed by atoms with E-state index in [2.05, 4.69) is 15.6 Å². The number of nitrogens with one attached hydrogen (secondary N) is 2. The second-order valence-electron chi connectivity index (χ2n) is 3.51. The standard InChI is InChI=1S/C11H15N3O4/c1-7-8(3-4-9(13-7)18-2)14-11(17)12-6-5-10(15)16/h3-4H,5-6H2,1-2H3,(H,15,16)(H2,12,14,17). The van der Waals surface area contributed by atoms with Crippen LogP contribution in [-0.2, 0) is 4.79 Å². The molecule has 98 valence electrons. The molecule has 2 amide bonds. The average Bonchev–Trinajstić information content (AvgIpc) is 2.31. The molecule has 18 heavy (non-hydrogen) atoms. The molecule has 0 spiro atoms. The Labute approximate surface area is 104 Å². The molecule has 0 aliphatic rings. The normalized spacial score (nSPS) is 9.67. The highest BCUT2D eigenvalue weighted by molar-refractivity contribution is 5.90. The number of methoxy groups -OCH3 is 1. The summed E-state index contributed by atoms with van der Waals surface area (Å²) in [4.78, 5) is 25.8. The Hall–Kier alpha value is -2.31. The van der Waals surface area contributed by atoms with E-state index in [1.54, 1.807) is 19.1 Å². The molecule has 3 N–H and O–H groups in total. The zero-order valence-electron chi connectivity index (χ0n) is 10.2. The molecule has 7 heteroatoms. The first-order chi connectivity index (χ1) is 8.52. The minimum atomic E-state index is -0.961. The van der Waals surface area contributed by atoms with Gasteiger partial charge in [0.1, 0.15) is 0 Å². The van der Waals surface area contributed by atoms with E-state index in [1.807, 2.05) is 0 Å². The molecule has 0 saturated carbocycles. The lowest BCUT2D eigenvalue weighted by Crippen LogP contribution is -2.30. The van der Waals surface area contributed by atoms with Gasteiger partial charge < -0.3 is 20.5 Å². The first-order valence-electron chi connectivity index (χ1n) is 5.31. The summed E-state index contributed by atoms with van der Waals surface area (Å²) in [6, 6.07) is 2.82. The number of ether oxygens (including phenoxy) is 1. The van der Waals surface area contributed by atoms with Crippen LogP contribution in [0.2, 0.25) is 0 Å². The van der Waals surface area contributed by atoms with Gasteiger partial charge in [-0.3, -0.25) is 4.79 Å². The van der Waals surface area contributed by atoms with Crippen LogP contribution >= 0.6 is 0 Å². The number of amides is 2. The van der Waals surface area contributed by atoms with E-state index in [0.29, 0.717) is 17.3 Å². The molecular formula is C11H15N3O4. The van der Waals surface area contributed by atoms with Crippen molar-refractivity contribution in [1.82, 2.24) is 10.3 Å². The van der Waals surface area contributed by atoms with Gasteiger partial charge in [0.25, 0.3) is 0 Å². The summed E-state index contributed by atoms with van der Waals surface area (Å²) < 4.78 is 4.94. The molecule has 1 aromatic rings. The average molecular weight is 253 g/mol. The first kappa shape index (κ1) is 13.8. The van der Waals surface area contributed by atoms with Crippen molar-refractivity contribution in [2.24, 2.45) is 0 Å². The van der Waals surface area contributed by atoms with Crippen LogP contribution in [0.15, 0.2) is 12.1 Å². The molecule has 1 aromatic heterocycles. The lowest BCUT2D eigenvalue weighted by Gasteiger charge is -2.09. The van der Waals surface area contributed by atoms with Crippen molar-refractivity contribution in [3.8, 4) is 5.88 Å². The van der Waals surface area contributed by atoms with Gasteiger partial charge in [-0.1, -0.05) is 0 Å². The van der Waals surface area contributed by atoms with Crippen LogP contribution in [0, 0.1) is 6.92 Å². The van der Waals surface area contributed by atoms with Crippen molar-refractivity contribution in [2.45, 2.75) is 13.3 Å². The topological polar surface area (TPSA) is 101 Å². The molecule has 0 atom stereocenters. The summed E-state index contributed by atoms with van der Waals surface area (Å²) in [5, 5.41) is 13.4. The number of urea groups is 1. The quantitative estimate of drug-likeness (QED) is 0.726. The second-order valence-corrected chi connectivity index (χ2v) is 3.51. The van der Waals surface area contributed by atoms with E-state index in [1.165, 1.54) is 7.11 Å². The number of nitrogens with zero attached hydrogens (tertiary/aromatic N) is 1. The molecule has 7 nitrogen and oxygen atoms in total. The minimum absolute atomic E-state index is 0.0732. The third kappa shape index (κ3) is 4.28. The van der Waals surface area contributed by atoms with E-state index in [0.717, 1.165) is 0 Å². The molecule has 0 radical (unpaired) electrons. The SMILES string of the molecule is COc1ccc(NC(=O)NCCC(=O)O)c(C)n1. The number of aliphatic carboxylic acids is 1.